The monoisotopic (exact) mass is 250 g/mol. The van der Waals surface area contributed by atoms with Crippen LogP contribution < -0.4 is 5.11 Å². The van der Waals surface area contributed by atoms with Gasteiger partial charge in [-0.05, 0) is 25.3 Å². The maximum Gasteiger partial charge on any atom is 0.116 e. The molecule has 96 valence electrons. The zero-order valence-corrected chi connectivity index (χ0v) is 11.3. The smallest absolute Gasteiger partial charge is 0.116 e. The van der Waals surface area contributed by atoms with Crippen molar-refractivity contribution in [1.29, 1.82) is 5.41 Å². The van der Waals surface area contributed by atoms with E-state index in [0.717, 1.165) is 17.6 Å². The first-order valence-corrected chi connectivity index (χ1v) is 5.67. The van der Waals surface area contributed by atoms with Crippen molar-refractivity contribution in [3.8, 4) is 0 Å². The van der Waals surface area contributed by atoms with E-state index in [1.807, 2.05) is 0 Å². The first kappa shape index (κ1) is 17.8. The van der Waals surface area contributed by atoms with Gasteiger partial charge in [-0.2, -0.15) is 0 Å². The molecule has 4 nitrogen and oxygen atoms in total. The Morgan fingerprint density at radius 2 is 1.94 bits per heavy atom. The summed E-state index contributed by atoms with van der Waals surface area (Å²) in [6.45, 7) is 8.58. The fourth-order valence-corrected chi connectivity index (χ4v) is 0.846. The number of nitrogens with one attached hydrogen (secondary N) is 1. The maximum absolute atomic E-state index is 9.71. The number of aliphatic hydroxyl groups excluding tert-OH is 1. The highest BCUT2D eigenvalue weighted by molar-refractivity contribution is 6.18. The van der Waals surface area contributed by atoms with E-state index in [1.165, 1.54) is 6.92 Å². The lowest BCUT2D eigenvalue weighted by Gasteiger charge is -2.29. The standard InChI is InChI=1S/C7H17ClNO.C4H7NO/c1-4-9(2,3)6-7(10)5-8;1-3(2)4(5)6/h7,10H,4-6H2,1-3H3;1H2,2H3,(H2,5,6)/q+1;/p-1. The fourth-order valence-electron chi connectivity index (χ4n) is 0.748. The third-order valence-corrected chi connectivity index (χ3v) is 2.48. The third-order valence-electron chi connectivity index (χ3n) is 2.13. The highest BCUT2D eigenvalue weighted by Crippen LogP contribution is 1.99. The summed E-state index contributed by atoms with van der Waals surface area (Å²) in [6, 6.07) is 0. The molecule has 0 radical (unpaired) electrons. The molecule has 0 saturated heterocycles. The Bertz CT molecular complexity index is 218. The molecule has 1 atom stereocenters. The number of nitrogens with zero attached hydrogens (tertiary/aromatic N) is 1. The lowest BCUT2D eigenvalue weighted by molar-refractivity contribution is -0.891. The molecule has 2 N–H and O–H groups in total. The quantitative estimate of drug-likeness (QED) is 0.325. The predicted octanol–water partition coefficient (Wildman–Crippen LogP) is 0.582. The summed E-state index contributed by atoms with van der Waals surface area (Å²) in [5, 5.41) is 25.2. The van der Waals surface area contributed by atoms with Crippen molar-refractivity contribution in [3.63, 3.8) is 0 Å². The van der Waals surface area contributed by atoms with Gasteiger partial charge in [0.25, 0.3) is 0 Å². The van der Waals surface area contributed by atoms with Gasteiger partial charge in [-0.1, -0.05) is 6.58 Å². The summed E-state index contributed by atoms with van der Waals surface area (Å²) in [5.41, 5.74) is 0.287. The number of alkyl halides is 1. The maximum atomic E-state index is 9.71. The largest absolute Gasteiger partial charge is 0.859 e. The van der Waals surface area contributed by atoms with E-state index in [4.69, 9.17) is 17.0 Å². The van der Waals surface area contributed by atoms with Crippen molar-refractivity contribution in [2.45, 2.75) is 20.0 Å². The van der Waals surface area contributed by atoms with Gasteiger partial charge in [-0.25, -0.2) is 0 Å². The number of quaternary nitrogens is 1. The lowest BCUT2D eigenvalue weighted by Crippen LogP contribution is -2.45. The summed E-state index contributed by atoms with van der Waals surface area (Å²) in [4.78, 5) is 0. The third kappa shape index (κ3) is 11.5. The van der Waals surface area contributed by atoms with Gasteiger partial charge in [0, 0.05) is 0 Å². The normalized spacial score (nSPS) is 12.4. The van der Waals surface area contributed by atoms with Crippen LogP contribution in [0, 0.1) is 5.41 Å². The van der Waals surface area contributed by atoms with Gasteiger partial charge in [-0.15, -0.1) is 11.6 Å². The van der Waals surface area contributed by atoms with Gasteiger partial charge in [0.2, 0.25) is 0 Å². The molecule has 0 aromatic rings. The second-order valence-electron chi connectivity index (χ2n) is 4.35. The second-order valence-corrected chi connectivity index (χ2v) is 4.66. The highest BCUT2D eigenvalue weighted by Gasteiger charge is 2.16. The molecule has 0 amide bonds. The Labute approximate surface area is 103 Å². The van der Waals surface area contributed by atoms with Crippen LogP contribution >= 0.6 is 11.6 Å². The van der Waals surface area contributed by atoms with Crippen molar-refractivity contribution in [2.24, 2.45) is 0 Å². The first-order valence-electron chi connectivity index (χ1n) is 5.13. The second kappa shape index (κ2) is 8.56. The zero-order valence-electron chi connectivity index (χ0n) is 10.6. The summed E-state index contributed by atoms with van der Waals surface area (Å²) in [5.74, 6) is -0.350. The van der Waals surface area contributed by atoms with E-state index < -0.39 is 5.90 Å². The number of hydrogen-bond acceptors (Lipinski definition) is 3. The number of likely N-dealkylation sites (N-methyl/N-ethyl adjacent to an activating group) is 1. The minimum atomic E-state index is -0.685. The van der Waals surface area contributed by atoms with Gasteiger partial charge in [-0.3, -0.25) is 0 Å². The molecule has 5 heteroatoms. The van der Waals surface area contributed by atoms with E-state index in [0.29, 0.717) is 5.88 Å². The summed E-state index contributed by atoms with van der Waals surface area (Å²) in [6.07, 6.45) is -0.364. The van der Waals surface area contributed by atoms with Gasteiger partial charge in [0.1, 0.15) is 12.6 Å². The van der Waals surface area contributed by atoms with Crippen LogP contribution in [0.1, 0.15) is 13.8 Å². The molecule has 0 saturated carbocycles. The minimum Gasteiger partial charge on any atom is -0.859 e. The average molecular weight is 251 g/mol. The Morgan fingerprint density at radius 1 is 1.56 bits per heavy atom. The van der Waals surface area contributed by atoms with Crippen molar-refractivity contribution in [1.82, 2.24) is 0 Å². The lowest BCUT2D eigenvalue weighted by atomic mass is 10.3. The number of halogens is 1. The summed E-state index contributed by atoms with van der Waals surface area (Å²) < 4.78 is 0.827. The van der Waals surface area contributed by atoms with Crippen molar-refractivity contribution in [2.75, 3.05) is 33.1 Å². The Kier molecular flexibility index (Phi) is 9.52. The number of aliphatic hydroxyl groups is 1. The molecule has 0 bridgehead atoms. The van der Waals surface area contributed by atoms with Crippen LogP contribution in [0.4, 0.5) is 0 Å². The average Bonchev–Trinajstić information content (AvgIpc) is 2.18. The SMILES string of the molecule is C=C(C)C(=N)[O-].CC[N+](C)(C)CC(O)CCl. The molecule has 0 aromatic carbocycles. The summed E-state index contributed by atoms with van der Waals surface area (Å²) in [7, 11) is 4.16. The van der Waals surface area contributed by atoms with E-state index in [9.17, 15) is 10.2 Å². The van der Waals surface area contributed by atoms with E-state index in [-0.39, 0.29) is 11.7 Å². The van der Waals surface area contributed by atoms with Crippen molar-refractivity contribution in [3.05, 3.63) is 12.2 Å². The van der Waals surface area contributed by atoms with Gasteiger partial charge >= 0.3 is 0 Å². The molecular formula is C11H23ClN2O2. The molecule has 0 aliphatic carbocycles. The predicted molar refractivity (Wildman–Crippen MR) is 66.8 cm³/mol. The number of hydrogen-bond donors (Lipinski definition) is 2. The van der Waals surface area contributed by atoms with Crippen LogP contribution in [0.3, 0.4) is 0 Å². The summed E-state index contributed by atoms with van der Waals surface area (Å²) >= 11 is 5.46. The van der Waals surface area contributed by atoms with Crippen LogP contribution in [0.5, 0.6) is 0 Å². The zero-order chi connectivity index (χ0) is 13.4. The van der Waals surface area contributed by atoms with Crippen molar-refractivity contribution >= 4 is 17.5 Å². The molecule has 0 rings (SSSR count). The van der Waals surface area contributed by atoms with Crippen LogP contribution in [0.25, 0.3) is 0 Å². The van der Waals surface area contributed by atoms with Gasteiger partial charge in [0.05, 0.1) is 26.5 Å². The Hall–Kier alpha value is -0.580. The molecular weight excluding hydrogens is 228 g/mol. The molecule has 16 heavy (non-hydrogen) atoms. The molecule has 1 unspecified atom stereocenters. The van der Waals surface area contributed by atoms with E-state index >= 15 is 0 Å². The van der Waals surface area contributed by atoms with E-state index in [1.54, 1.807) is 0 Å². The van der Waals surface area contributed by atoms with Crippen LogP contribution in [-0.4, -0.2) is 54.7 Å². The highest BCUT2D eigenvalue weighted by atomic mass is 35.5. The molecule has 0 aliphatic rings. The van der Waals surface area contributed by atoms with Crippen LogP contribution in [0.15, 0.2) is 12.2 Å². The molecule has 0 aliphatic heterocycles. The molecule has 0 fully saturated rings. The Balaban J connectivity index is 0. The fraction of sp³-hybridized carbons (Fsp3) is 0.727. The van der Waals surface area contributed by atoms with E-state index in [2.05, 4.69) is 27.6 Å². The van der Waals surface area contributed by atoms with Gasteiger partial charge < -0.3 is 20.1 Å². The van der Waals surface area contributed by atoms with Gasteiger partial charge in [0.15, 0.2) is 0 Å². The molecule has 0 heterocycles. The first-order chi connectivity index (χ1) is 7.16. The van der Waals surface area contributed by atoms with Crippen molar-refractivity contribution < 1.29 is 14.7 Å². The number of rotatable bonds is 5. The van der Waals surface area contributed by atoms with Crippen LogP contribution in [0.2, 0.25) is 0 Å². The van der Waals surface area contributed by atoms with Crippen LogP contribution in [-0.2, 0) is 0 Å². The molecule has 0 aromatic heterocycles. The Morgan fingerprint density at radius 3 is 2.12 bits per heavy atom. The molecule has 0 spiro atoms. The minimum absolute atomic E-state index is 0.287. The topological polar surface area (TPSA) is 67.1 Å².